The summed E-state index contributed by atoms with van der Waals surface area (Å²) < 4.78 is 0. The summed E-state index contributed by atoms with van der Waals surface area (Å²) in [5.74, 6) is -1.52. The first kappa shape index (κ1) is 23.3. The normalized spacial score (nSPS) is 18.3. The molecule has 3 rings (SSSR count). The molecule has 1 atom stereocenters. The summed E-state index contributed by atoms with van der Waals surface area (Å²) in [7, 11) is 0. The van der Waals surface area contributed by atoms with E-state index < -0.39 is 17.7 Å². The van der Waals surface area contributed by atoms with Crippen molar-refractivity contribution in [3.63, 3.8) is 0 Å². The van der Waals surface area contributed by atoms with Gasteiger partial charge in [0.2, 0.25) is 0 Å². The van der Waals surface area contributed by atoms with E-state index in [9.17, 15) is 14.7 Å². The van der Waals surface area contributed by atoms with Crippen LogP contribution in [-0.4, -0.2) is 52.8 Å². The summed E-state index contributed by atoms with van der Waals surface area (Å²) in [4.78, 5) is 29.7. The Labute approximate surface area is 192 Å². The van der Waals surface area contributed by atoms with Crippen molar-refractivity contribution in [2.45, 2.75) is 26.8 Å². The Morgan fingerprint density at radius 2 is 1.68 bits per heavy atom. The summed E-state index contributed by atoms with van der Waals surface area (Å²) in [6, 6.07) is 11.4. The van der Waals surface area contributed by atoms with Gasteiger partial charge in [0.25, 0.3) is 11.7 Å². The second kappa shape index (κ2) is 9.86. The van der Waals surface area contributed by atoms with Gasteiger partial charge in [-0.15, -0.1) is 0 Å². The molecule has 1 N–H and O–H groups in total. The second-order valence-electron chi connectivity index (χ2n) is 7.56. The maximum absolute atomic E-state index is 13.0. The SMILES string of the molecule is CCN(CC)CCN1C(=O)C(=O)/C(=C(/O)c2ccc(C)cc2)[C@H]1c1ccc(Cl)c(Cl)c1. The standard InChI is InChI=1S/C24H26Cl2N2O3/c1-4-27(5-2)12-13-28-21(17-10-11-18(25)19(26)14-17)20(23(30)24(28)31)22(29)16-8-6-15(3)7-9-16/h6-11,14,21,29H,4-5,12-13H2,1-3H3/b22-20+/t21-/m1/s1. The van der Waals surface area contributed by atoms with E-state index >= 15 is 0 Å². The predicted molar refractivity (Wildman–Crippen MR) is 124 cm³/mol. The molecular weight excluding hydrogens is 435 g/mol. The maximum Gasteiger partial charge on any atom is 0.295 e. The molecule has 164 valence electrons. The quantitative estimate of drug-likeness (QED) is 0.356. The number of likely N-dealkylation sites (tertiary alicyclic amines) is 1. The Bertz CT molecular complexity index is 1010. The lowest BCUT2D eigenvalue weighted by Gasteiger charge is -2.28. The summed E-state index contributed by atoms with van der Waals surface area (Å²) in [6.07, 6.45) is 0. The summed E-state index contributed by atoms with van der Waals surface area (Å²) in [5, 5.41) is 11.8. The molecule has 31 heavy (non-hydrogen) atoms. The molecule has 0 spiro atoms. The lowest BCUT2D eigenvalue weighted by Crippen LogP contribution is -2.38. The van der Waals surface area contributed by atoms with E-state index in [1.165, 1.54) is 4.90 Å². The Hall–Kier alpha value is -2.34. The molecule has 2 aromatic rings. The zero-order valence-corrected chi connectivity index (χ0v) is 19.4. The lowest BCUT2D eigenvalue weighted by atomic mass is 9.95. The van der Waals surface area contributed by atoms with E-state index in [2.05, 4.69) is 4.90 Å². The van der Waals surface area contributed by atoms with Crippen LogP contribution in [0.5, 0.6) is 0 Å². The number of aliphatic hydroxyl groups is 1. The first-order valence-electron chi connectivity index (χ1n) is 10.3. The Balaban J connectivity index is 2.12. The van der Waals surface area contributed by atoms with Crippen LogP contribution in [0, 0.1) is 6.92 Å². The number of benzene rings is 2. The van der Waals surface area contributed by atoms with E-state index in [0.29, 0.717) is 34.3 Å². The molecule has 7 heteroatoms. The zero-order valence-electron chi connectivity index (χ0n) is 17.9. The number of carbonyl (C=O) groups excluding carboxylic acids is 2. The highest BCUT2D eigenvalue weighted by Gasteiger charge is 2.46. The molecule has 0 bridgehead atoms. The minimum Gasteiger partial charge on any atom is -0.507 e. The molecule has 1 amide bonds. The monoisotopic (exact) mass is 460 g/mol. The third-order valence-electron chi connectivity index (χ3n) is 5.68. The lowest BCUT2D eigenvalue weighted by molar-refractivity contribution is -0.140. The number of hydrogen-bond donors (Lipinski definition) is 1. The van der Waals surface area contributed by atoms with Crippen LogP contribution in [0.25, 0.3) is 5.76 Å². The molecule has 0 unspecified atom stereocenters. The summed E-state index contributed by atoms with van der Waals surface area (Å²) in [6.45, 7) is 8.66. The largest absolute Gasteiger partial charge is 0.507 e. The smallest absolute Gasteiger partial charge is 0.295 e. The van der Waals surface area contributed by atoms with Crippen molar-refractivity contribution < 1.29 is 14.7 Å². The number of nitrogens with zero attached hydrogens (tertiary/aromatic N) is 2. The number of amides is 1. The Morgan fingerprint density at radius 3 is 2.26 bits per heavy atom. The van der Waals surface area contributed by atoms with Gasteiger partial charge in [0.05, 0.1) is 21.7 Å². The van der Waals surface area contributed by atoms with Crippen LogP contribution in [0.15, 0.2) is 48.0 Å². The molecule has 1 aliphatic heterocycles. The van der Waals surface area contributed by atoms with E-state index in [0.717, 1.165) is 18.7 Å². The van der Waals surface area contributed by atoms with Crippen LogP contribution in [0.1, 0.15) is 36.6 Å². The number of carbonyl (C=O) groups is 2. The van der Waals surface area contributed by atoms with Crippen molar-refractivity contribution in [3.05, 3.63) is 74.8 Å². The summed E-state index contributed by atoms with van der Waals surface area (Å²) >= 11 is 12.3. The van der Waals surface area contributed by atoms with Crippen LogP contribution in [0.4, 0.5) is 0 Å². The van der Waals surface area contributed by atoms with Gasteiger partial charge in [-0.3, -0.25) is 9.59 Å². The fourth-order valence-electron chi connectivity index (χ4n) is 3.80. The molecule has 5 nitrogen and oxygen atoms in total. The van der Waals surface area contributed by atoms with Gasteiger partial charge in [-0.1, -0.05) is 72.9 Å². The molecule has 1 saturated heterocycles. The number of ketones is 1. The highest BCUT2D eigenvalue weighted by atomic mass is 35.5. The van der Waals surface area contributed by atoms with Crippen molar-refractivity contribution in [3.8, 4) is 0 Å². The topological polar surface area (TPSA) is 60.9 Å². The first-order valence-corrected chi connectivity index (χ1v) is 11.1. The van der Waals surface area contributed by atoms with E-state index in [1.54, 1.807) is 30.3 Å². The van der Waals surface area contributed by atoms with E-state index in [1.807, 2.05) is 32.9 Å². The van der Waals surface area contributed by atoms with Gasteiger partial charge >= 0.3 is 0 Å². The van der Waals surface area contributed by atoms with Crippen molar-refractivity contribution in [2.75, 3.05) is 26.2 Å². The minimum absolute atomic E-state index is 0.0618. The third-order valence-corrected chi connectivity index (χ3v) is 6.41. The van der Waals surface area contributed by atoms with Crippen LogP contribution in [-0.2, 0) is 9.59 Å². The fraction of sp³-hybridized carbons (Fsp3) is 0.333. The first-order chi connectivity index (χ1) is 14.8. The average Bonchev–Trinajstić information content (AvgIpc) is 3.01. The number of aliphatic hydroxyl groups excluding tert-OH is 1. The van der Waals surface area contributed by atoms with Gasteiger partial charge in [0.1, 0.15) is 5.76 Å². The molecule has 2 aromatic carbocycles. The third kappa shape index (κ3) is 4.79. The van der Waals surface area contributed by atoms with Gasteiger partial charge in [0.15, 0.2) is 0 Å². The second-order valence-corrected chi connectivity index (χ2v) is 8.37. The number of aryl methyl sites for hydroxylation is 1. The molecule has 1 fully saturated rings. The van der Waals surface area contributed by atoms with Gasteiger partial charge in [0, 0.05) is 18.7 Å². The Kier molecular flexibility index (Phi) is 7.42. The highest BCUT2D eigenvalue weighted by Crippen LogP contribution is 2.40. The van der Waals surface area contributed by atoms with Crippen LogP contribution in [0.2, 0.25) is 10.0 Å². The number of halogens is 2. The minimum atomic E-state index is -0.744. The van der Waals surface area contributed by atoms with Crippen molar-refractivity contribution in [1.29, 1.82) is 0 Å². The molecule has 0 radical (unpaired) electrons. The fourth-order valence-corrected chi connectivity index (χ4v) is 4.10. The maximum atomic E-state index is 13.0. The molecule has 0 aliphatic carbocycles. The molecule has 0 aromatic heterocycles. The van der Waals surface area contributed by atoms with Crippen LogP contribution < -0.4 is 0 Å². The van der Waals surface area contributed by atoms with Gasteiger partial charge < -0.3 is 14.9 Å². The van der Waals surface area contributed by atoms with Crippen molar-refractivity contribution >= 4 is 40.7 Å². The van der Waals surface area contributed by atoms with Crippen molar-refractivity contribution in [2.24, 2.45) is 0 Å². The average molecular weight is 461 g/mol. The van der Waals surface area contributed by atoms with Crippen LogP contribution in [0.3, 0.4) is 0 Å². The highest BCUT2D eigenvalue weighted by molar-refractivity contribution is 6.46. The molecule has 1 heterocycles. The molecule has 1 aliphatic rings. The van der Waals surface area contributed by atoms with Crippen LogP contribution >= 0.6 is 23.2 Å². The Morgan fingerprint density at radius 1 is 1.03 bits per heavy atom. The van der Waals surface area contributed by atoms with Gasteiger partial charge in [-0.05, 0) is 37.7 Å². The summed E-state index contributed by atoms with van der Waals surface area (Å²) in [5.41, 5.74) is 2.20. The van der Waals surface area contributed by atoms with Gasteiger partial charge in [-0.2, -0.15) is 0 Å². The van der Waals surface area contributed by atoms with E-state index in [-0.39, 0.29) is 11.3 Å². The number of hydrogen-bond acceptors (Lipinski definition) is 4. The molecule has 0 saturated carbocycles. The van der Waals surface area contributed by atoms with E-state index in [4.69, 9.17) is 23.2 Å². The number of likely N-dealkylation sites (N-methyl/N-ethyl adjacent to an activating group) is 1. The predicted octanol–water partition coefficient (Wildman–Crippen LogP) is 5.07. The van der Waals surface area contributed by atoms with Crippen molar-refractivity contribution in [1.82, 2.24) is 9.80 Å². The molecular formula is C24H26Cl2N2O3. The zero-order chi connectivity index (χ0) is 22.7. The number of Topliss-reactive ketones (excluding diaryl/α,β-unsaturated/α-hetero) is 1. The van der Waals surface area contributed by atoms with Gasteiger partial charge in [-0.25, -0.2) is 0 Å². The number of rotatable bonds is 7.